The lowest BCUT2D eigenvalue weighted by molar-refractivity contribution is 0.101. The Kier molecular flexibility index (Phi) is 4.29. The van der Waals surface area contributed by atoms with E-state index in [1.807, 2.05) is 60.7 Å². The van der Waals surface area contributed by atoms with E-state index in [4.69, 9.17) is 9.47 Å². The minimum Gasteiger partial charge on any atom is -0.497 e. The SMILES string of the molecule is COc1ccc2ccc(C(C)=O)c(OCc3ccccc3)c2c1. The fraction of sp³-hybridized carbons (Fsp3) is 0.150. The molecular formula is C20H18O3. The van der Waals surface area contributed by atoms with E-state index >= 15 is 0 Å². The fourth-order valence-corrected chi connectivity index (χ4v) is 2.56. The van der Waals surface area contributed by atoms with Crippen LogP contribution in [0, 0.1) is 0 Å². The minimum absolute atomic E-state index is 0.0159. The van der Waals surface area contributed by atoms with Crippen LogP contribution in [0.4, 0.5) is 0 Å². The summed E-state index contributed by atoms with van der Waals surface area (Å²) in [6, 6.07) is 19.4. The highest BCUT2D eigenvalue weighted by Gasteiger charge is 2.13. The lowest BCUT2D eigenvalue weighted by Gasteiger charge is -2.14. The first-order chi connectivity index (χ1) is 11.2. The Labute approximate surface area is 135 Å². The third kappa shape index (κ3) is 3.19. The second-order valence-electron chi connectivity index (χ2n) is 5.36. The molecule has 3 aromatic rings. The van der Waals surface area contributed by atoms with Crippen molar-refractivity contribution in [2.75, 3.05) is 7.11 Å². The Morgan fingerprint density at radius 1 is 1.00 bits per heavy atom. The van der Waals surface area contributed by atoms with Crippen LogP contribution in [0.3, 0.4) is 0 Å². The van der Waals surface area contributed by atoms with Crippen LogP contribution in [0.1, 0.15) is 22.8 Å². The average molecular weight is 306 g/mol. The fourth-order valence-electron chi connectivity index (χ4n) is 2.56. The van der Waals surface area contributed by atoms with Crippen LogP contribution in [0.15, 0.2) is 60.7 Å². The standard InChI is InChI=1S/C20H18O3/c1-14(21)18-11-9-16-8-10-17(22-2)12-19(16)20(18)23-13-15-6-4-3-5-7-15/h3-12H,13H2,1-2H3. The molecule has 0 saturated carbocycles. The van der Waals surface area contributed by atoms with Gasteiger partial charge in [0.15, 0.2) is 5.78 Å². The maximum atomic E-state index is 12.0. The topological polar surface area (TPSA) is 35.5 Å². The van der Waals surface area contributed by atoms with Crippen molar-refractivity contribution in [3.8, 4) is 11.5 Å². The van der Waals surface area contributed by atoms with Gasteiger partial charge in [-0.2, -0.15) is 0 Å². The number of ketones is 1. The Hall–Kier alpha value is -2.81. The van der Waals surface area contributed by atoms with E-state index < -0.39 is 0 Å². The molecule has 0 N–H and O–H groups in total. The van der Waals surface area contributed by atoms with Crippen LogP contribution < -0.4 is 9.47 Å². The molecule has 0 heterocycles. The van der Waals surface area contributed by atoms with E-state index in [1.54, 1.807) is 14.0 Å². The van der Waals surface area contributed by atoms with E-state index in [0.29, 0.717) is 17.9 Å². The van der Waals surface area contributed by atoms with Gasteiger partial charge >= 0.3 is 0 Å². The maximum Gasteiger partial charge on any atom is 0.163 e. The Bertz CT molecular complexity index is 838. The lowest BCUT2D eigenvalue weighted by atomic mass is 10.0. The highest BCUT2D eigenvalue weighted by Crippen LogP contribution is 2.33. The smallest absolute Gasteiger partial charge is 0.163 e. The summed E-state index contributed by atoms with van der Waals surface area (Å²) in [6.45, 7) is 1.97. The van der Waals surface area contributed by atoms with Gasteiger partial charge in [0.05, 0.1) is 12.7 Å². The number of hydrogen-bond donors (Lipinski definition) is 0. The number of carbonyl (C=O) groups excluding carboxylic acids is 1. The van der Waals surface area contributed by atoms with E-state index in [1.165, 1.54) is 0 Å². The third-order valence-electron chi connectivity index (χ3n) is 3.78. The summed E-state index contributed by atoms with van der Waals surface area (Å²) >= 11 is 0. The van der Waals surface area contributed by atoms with Crippen LogP contribution in [-0.2, 0) is 6.61 Å². The molecule has 0 spiro atoms. The lowest BCUT2D eigenvalue weighted by Crippen LogP contribution is -2.02. The minimum atomic E-state index is -0.0159. The van der Waals surface area contributed by atoms with Crippen LogP contribution in [0.2, 0.25) is 0 Å². The zero-order valence-electron chi connectivity index (χ0n) is 13.2. The van der Waals surface area contributed by atoms with Gasteiger partial charge in [0, 0.05) is 5.39 Å². The molecule has 0 aliphatic heterocycles. The number of methoxy groups -OCH3 is 1. The third-order valence-corrected chi connectivity index (χ3v) is 3.78. The number of carbonyl (C=O) groups is 1. The second-order valence-corrected chi connectivity index (χ2v) is 5.36. The zero-order chi connectivity index (χ0) is 16.2. The van der Waals surface area contributed by atoms with Gasteiger partial charge in [-0.1, -0.05) is 42.5 Å². The first-order valence-electron chi connectivity index (χ1n) is 7.47. The normalized spacial score (nSPS) is 10.5. The molecule has 23 heavy (non-hydrogen) atoms. The van der Waals surface area contributed by atoms with E-state index in [2.05, 4.69) is 0 Å². The van der Waals surface area contributed by atoms with Gasteiger partial charge in [0.2, 0.25) is 0 Å². The van der Waals surface area contributed by atoms with Gasteiger partial charge in [-0.25, -0.2) is 0 Å². The number of benzene rings is 3. The molecule has 0 unspecified atom stereocenters. The summed E-state index contributed by atoms with van der Waals surface area (Å²) in [5, 5.41) is 1.90. The molecule has 3 aromatic carbocycles. The van der Waals surface area contributed by atoms with Gasteiger partial charge in [0.1, 0.15) is 18.1 Å². The Balaban J connectivity index is 2.06. The van der Waals surface area contributed by atoms with Crippen molar-refractivity contribution >= 4 is 16.6 Å². The highest BCUT2D eigenvalue weighted by atomic mass is 16.5. The largest absolute Gasteiger partial charge is 0.497 e. The Morgan fingerprint density at radius 2 is 1.74 bits per heavy atom. The quantitative estimate of drug-likeness (QED) is 0.645. The first-order valence-corrected chi connectivity index (χ1v) is 7.47. The number of hydrogen-bond acceptors (Lipinski definition) is 3. The maximum absolute atomic E-state index is 12.0. The molecule has 0 bridgehead atoms. The molecule has 3 nitrogen and oxygen atoms in total. The Morgan fingerprint density at radius 3 is 2.43 bits per heavy atom. The van der Waals surface area contributed by atoms with Gasteiger partial charge in [0.25, 0.3) is 0 Å². The predicted molar refractivity (Wildman–Crippen MR) is 91.3 cm³/mol. The molecule has 0 aliphatic carbocycles. The molecule has 0 fully saturated rings. The first kappa shape index (κ1) is 15.1. The van der Waals surface area contributed by atoms with Crippen molar-refractivity contribution in [1.29, 1.82) is 0 Å². The van der Waals surface area contributed by atoms with Crippen molar-refractivity contribution in [2.24, 2.45) is 0 Å². The molecule has 0 saturated heterocycles. The summed E-state index contributed by atoms with van der Waals surface area (Å²) in [7, 11) is 1.63. The monoisotopic (exact) mass is 306 g/mol. The molecule has 0 amide bonds. The molecule has 3 rings (SSSR count). The summed E-state index contributed by atoms with van der Waals surface area (Å²) in [4.78, 5) is 12.0. The molecular weight excluding hydrogens is 288 g/mol. The van der Waals surface area contributed by atoms with Crippen molar-refractivity contribution in [1.82, 2.24) is 0 Å². The van der Waals surface area contributed by atoms with E-state index in [-0.39, 0.29) is 5.78 Å². The number of ether oxygens (including phenoxy) is 2. The molecule has 3 heteroatoms. The van der Waals surface area contributed by atoms with Crippen LogP contribution >= 0.6 is 0 Å². The van der Waals surface area contributed by atoms with E-state index in [9.17, 15) is 4.79 Å². The van der Waals surface area contributed by atoms with Crippen molar-refractivity contribution in [2.45, 2.75) is 13.5 Å². The van der Waals surface area contributed by atoms with Crippen molar-refractivity contribution in [3.63, 3.8) is 0 Å². The van der Waals surface area contributed by atoms with Gasteiger partial charge in [-0.05, 0) is 36.1 Å². The van der Waals surface area contributed by atoms with Gasteiger partial charge in [-0.15, -0.1) is 0 Å². The summed E-state index contributed by atoms with van der Waals surface area (Å²) in [5.74, 6) is 1.33. The zero-order valence-corrected chi connectivity index (χ0v) is 13.2. The summed E-state index contributed by atoms with van der Waals surface area (Å²) in [6.07, 6.45) is 0. The van der Waals surface area contributed by atoms with Gasteiger partial charge < -0.3 is 9.47 Å². The van der Waals surface area contributed by atoms with E-state index in [0.717, 1.165) is 22.1 Å². The molecule has 0 radical (unpaired) electrons. The van der Waals surface area contributed by atoms with Crippen LogP contribution in [0.25, 0.3) is 10.8 Å². The van der Waals surface area contributed by atoms with Crippen LogP contribution in [-0.4, -0.2) is 12.9 Å². The molecule has 0 aromatic heterocycles. The molecule has 116 valence electrons. The molecule has 0 atom stereocenters. The van der Waals surface area contributed by atoms with Crippen molar-refractivity contribution in [3.05, 3.63) is 71.8 Å². The highest BCUT2D eigenvalue weighted by molar-refractivity contribution is 6.04. The summed E-state index contributed by atoms with van der Waals surface area (Å²) in [5.41, 5.74) is 1.64. The van der Waals surface area contributed by atoms with Gasteiger partial charge in [-0.3, -0.25) is 4.79 Å². The van der Waals surface area contributed by atoms with Crippen LogP contribution in [0.5, 0.6) is 11.5 Å². The summed E-state index contributed by atoms with van der Waals surface area (Å²) < 4.78 is 11.3. The number of rotatable bonds is 5. The average Bonchev–Trinajstić information content (AvgIpc) is 2.59. The number of fused-ring (bicyclic) bond motifs is 1. The predicted octanol–water partition coefficient (Wildman–Crippen LogP) is 4.63. The molecule has 0 aliphatic rings. The number of Topliss-reactive ketones (excluding diaryl/α,β-unsaturated/α-hetero) is 1. The van der Waals surface area contributed by atoms with Crippen molar-refractivity contribution < 1.29 is 14.3 Å². The second kappa shape index (κ2) is 6.53.